The van der Waals surface area contributed by atoms with Crippen LogP contribution >= 0.6 is 0 Å². The molecule has 0 bridgehead atoms. The summed E-state index contributed by atoms with van der Waals surface area (Å²) in [4.78, 5) is 16.1. The molecule has 0 fully saturated rings. The van der Waals surface area contributed by atoms with E-state index in [-0.39, 0.29) is 17.8 Å². The topological polar surface area (TPSA) is 72.9 Å². The molecule has 1 atom stereocenters. The quantitative estimate of drug-likeness (QED) is 0.513. The molecule has 33 heavy (non-hydrogen) atoms. The molecule has 6 rings (SSSR count). The SMILES string of the molecule is Nc1nccc(-c2c(-c3ccc(F)cc3)nc3n2C(CN2CCc4ccccc4C2)CC3)n1. The molecule has 2 N–H and O–H groups in total. The van der Waals surface area contributed by atoms with Crippen LogP contribution in [0.4, 0.5) is 10.3 Å². The fourth-order valence-corrected chi connectivity index (χ4v) is 5.21. The number of nitrogen functional groups attached to an aromatic ring is 1. The Morgan fingerprint density at radius 2 is 1.79 bits per heavy atom. The van der Waals surface area contributed by atoms with E-state index < -0.39 is 0 Å². The third-order valence-electron chi connectivity index (χ3n) is 6.76. The Kier molecular flexibility index (Phi) is 4.91. The normalized spacial score (nSPS) is 17.7. The molecule has 0 spiro atoms. The summed E-state index contributed by atoms with van der Waals surface area (Å²) in [5, 5.41) is 0. The molecular weight excluding hydrogens is 415 g/mol. The van der Waals surface area contributed by atoms with Crippen LogP contribution in [0.5, 0.6) is 0 Å². The molecule has 0 saturated carbocycles. The van der Waals surface area contributed by atoms with Crippen molar-refractivity contribution in [3.63, 3.8) is 0 Å². The van der Waals surface area contributed by atoms with Crippen molar-refractivity contribution in [1.29, 1.82) is 0 Å². The minimum Gasteiger partial charge on any atom is -0.368 e. The standard InChI is InChI=1S/C26H25FN6/c27-20-7-5-18(6-8-20)24-25(22-11-13-29-26(28)30-22)33-21(9-10-23(33)31-24)16-32-14-12-17-3-1-2-4-19(17)15-32/h1-8,11,13,21H,9-10,12,14-16H2,(H2,28,29,30). The Morgan fingerprint density at radius 3 is 2.61 bits per heavy atom. The average Bonchev–Trinajstić information content (AvgIpc) is 3.39. The lowest BCUT2D eigenvalue weighted by Crippen LogP contribution is -2.34. The number of halogens is 1. The molecule has 0 amide bonds. The van der Waals surface area contributed by atoms with Gasteiger partial charge in [-0.2, -0.15) is 0 Å². The van der Waals surface area contributed by atoms with Crippen molar-refractivity contribution in [2.45, 2.75) is 31.8 Å². The smallest absolute Gasteiger partial charge is 0.220 e. The highest BCUT2D eigenvalue weighted by molar-refractivity contribution is 5.78. The van der Waals surface area contributed by atoms with Gasteiger partial charge in [-0.25, -0.2) is 19.3 Å². The lowest BCUT2D eigenvalue weighted by atomic mass is 9.99. The predicted octanol–water partition coefficient (Wildman–Crippen LogP) is 4.27. The van der Waals surface area contributed by atoms with Crippen molar-refractivity contribution in [1.82, 2.24) is 24.4 Å². The predicted molar refractivity (Wildman–Crippen MR) is 126 cm³/mol. The van der Waals surface area contributed by atoms with Crippen molar-refractivity contribution in [2.75, 3.05) is 18.8 Å². The fourth-order valence-electron chi connectivity index (χ4n) is 5.21. The molecule has 166 valence electrons. The van der Waals surface area contributed by atoms with Gasteiger partial charge in [0.2, 0.25) is 5.95 Å². The van der Waals surface area contributed by atoms with Gasteiger partial charge < -0.3 is 10.3 Å². The Hall–Kier alpha value is -3.58. The summed E-state index contributed by atoms with van der Waals surface area (Å²) < 4.78 is 15.9. The van der Waals surface area contributed by atoms with Crippen LogP contribution in [-0.4, -0.2) is 37.5 Å². The van der Waals surface area contributed by atoms with Crippen LogP contribution in [0.25, 0.3) is 22.6 Å². The minimum absolute atomic E-state index is 0.232. The summed E-state index contributed by atoms with van der Waals surface area (Å²) in [6.07, 6.45) is 4.70. The monoisotopic (exact) mass is 440 g/mol. The number of rotatable bonds is 4. The average molecular weight is 441 g/mol. The van der Waals surface area contributed by atoms with Gasteiger partial charge >= 0.3 is 0 Å². The minimum atomic E-state index is -0.262. The number of hydrogen-bond acceptors (Lipinski definition) is 5. The molecule has 2 aromatic carbocycles. The van der Waals surface area contributed by atoms with Crippen LogP contribution in [-0.2, 0) is 19.4 Å². The van der Waals surface area contributed by atoms with E-state index in [0.29, 0.717) is 0 Å². The molecule has 7 heteroatoms. The van der Waals surface area contributed by atoms with E-state index in [0.717, 1.165) is 67.4 Å². The van der Waals surface area contributed by atoms with Crippen LogP contribution in [0, 0.1) is 5.82 Å². The number of nitrogens with zero attached hydrogens (tertiary/aromatic N) is 5. The first kappa shape index (κ1) is 20.1. The van der Waals surface area contributed by atoms with Gasteiger partial charge in [0.1, 0.15) is 11.6 Å². The van der Waals surface area contributed by atoms with Crippen molar-refractivity contribution >= 4 is 5.95 Å². The van der Waals surface area contributed by atoms with Gasteiger partial charge in [0.15, 0.2) is 0 Å². The number of hydrogen-bond donors (Lipinski definition) is 1. The van der Waals surface area contributed by atoms with Gasteiger partial charge in [-0.1, -0.05) is 24.3 Å². The Balaban J connectivity index is 1.39. The van der Waals surface area contributed by atoms with Gasteiger partial charge in [-0.15, -0.1) is 0 Å². The number of benzene rings is 2. The van der Waals surface area contributed by atoms with Gasteiger partial charge in [0.05, 0.1) is 17.1 Å². The maximum Gasteiger partial charge on any atom is 0.220 e. The largest absolute Gasteiger partial charge is 0.368 e. The molecular formula is C26H25FN6. The lowest BCUT2D eigenvalue weighted by molar-refractivity contribution is 0.218. The fraction of sp³-hybridized carbons (Fsp3) is 0.269. The van der Waals surface area contributed by atoms with Gasteiger partial charge in [0.25, 0.3) is 0 Å². The molecule has 4 aromatic rings. The summed E-state index contributed by atoms with van der Waals surface area (Å²) in [5.74, 6) is 1.01. The van der Waals surface area contributed by atoms with Crippen molar-refractivity contribution in [3.05, 3.63) is 83.6 Å². The first-order valence-electron chi connectivity index (χ1n) is 11.4. The Labute approximate surface area is 191 Å². The molecule has 6 nitrogen and oxygen atoms in total. The lowest BCUT2D eigenvalue weighted by Gasteiger charge is -2.31. The summed E-state index contributed by atoms with van der Waals surface area (Å²) in [6.45, 7) is 2.98. The first-order valence-corrected chi connectivity index (χ1v) is 11.4. The summed E-state index contributed by atoms with van der Waals surface area (Å²) >= 11 is 0. The molecule has 0 radical (unpaired) electrons. The van der Waals surface area contributed by atoms with E-state index in [1.165, 1.54) is 23.3 Å². The van der Waals surface area contributed by atoms with Gasteiger partial charge in [0, 0.05) is 43.9 Å². The van der Waals surface area contributed by atoms with Crippen LogP contribution in [0.3, 0.4) is 0 Å². The van der Waals surface area contributed by atoms with Crippen molar-refractivity contribution < 1.29 is 4.39 Å². The van der Waals surface area contributed by atoms with E-state index >= 15 is 0 Å². The number of nitrogens with two attached hydrogens (primary N) is 1. The van der Waals surface area contributed by atoms with E-state index in [1.54, 1.807) is 18.3 Å². The highest BCUT2D eigenvalue weighted by Gasteiger charge is 2.32. The van der Waals surface area contributed by atoms with Crippen molar-refractivity contribution in [2.24, 2.45) is 0 Å². The molecule has 2 aliphatic heterocycles. The second-order valence-electron chi connectivity index (χ2n) is 8.85. The number of aryl methyl sites for hydroxylation is 1. The third kappa shape index (κ3) is 3.68. The number of imidazole rings is 1. The van der Waals surface area contributed by atoms with Crippen molar-refractivity contribution in [3.8, 4) is 22.6 Å². The first-order chi connectivity index (χ1) is 16.2. The number of anilines is 1. The maximum atomic E-state index is 13.6. The van der Waals surface area contributed by atoms with E-state index in [2.05, 4.69) is 43.7 Å². The summed E-state index contributed by atoms with van der Waals surface area (Å²) in [6, 6.07) is 17.4. The molecule has 0 saturated heterocycles. The Morgan fingerprint density at radius 1 is 0.970 bits per heavy atom. The summed E-state index contributed by atoms with van der Waals surface area (Å²) in [5.41, 5.74) is 12.2. The second-order valence-corrected chi connectivity index (χ2v) is 8.85. The zero-order valence-corrected chi connectivity index (χ0v) is 18.3. The zero-order valence-electron chi connectivity index (χ0n) is 18.3. The second kappa shape index (κ2) is 8.08. The van der Waals surface area contributed by atoms with E-state index in [9.17, 15) is 4.39 Å². The Bertz CT molecular complexity index is 1310. The molecule has 2 aromatic heterocycles. The molecule has 2 aliphatic rings. The summed E-state index contributed by atoms with van der Waals surface area (Å²) in [7, 11) is 0. The molecule has 1 unspecified atom stereocenters. The number of fused-ring (bicyclic) bond motifs is 2. The van der Waals surface area contributed by atoms with Gasteiger partial charge in [-0.05, 0) is 54.3 Å². The molecule has 4 heterocycles. The number of aromatic nitrogens is 4. The van der Waals surface area contributed by atoms with Crippen LogP contribution in [0.1, 0.15) is 29.4 Å². The maximum absolute atomic E-state index is 13.6. The van der Waals surface area contributed by atoms with Gasteiger partial charge in [-0.3, -0.25) is 4.90 Å². The van der Waals surface area contributed by atoms with E-state index in [1.807, 2.05) is 6.07 Å². The highest BCUT2D eigenvalue weighted by Crippen LogP contribution is 2.39. The molecule has 0 aliphatic carbocycles. The van der Waals surface area contributed by atoms with Crippen LogP contribution < -0.4 is 5.73 Å². The highest BCUT2D eigenvalue weighted by atomic mass is 19.1. The van der Waals surface area contributed by atoms with Crippen LogP contribution in [0.2, 0.25) is 0 Å². The zero-order chi connectivity index (χ0) is 22.4. The third-order valence-corrected chi connectivity index (χ3v) is 6.76. The van der Waals surface area contributed by atoms with Crippen LogP contribution in [0.15, 0.2) is 60.8 Å². The van der Waals surface area contributed by atoms with E-state index in [4.69, 9.17) is 10.7 Å².